The zero-order chi connectivity index (χ0) is 43.2. The van der Waals surface area contributed by atoms with Crippen molar-refractivity contribution in [2.75, 3.05) is 26.4 Å². The van der Waals surface area contributed by atoms with Gasteiger partial charge in [0.2, 0.25) is 18.2 Å². The maximum absolute atomic E-state index is 12.4. The van der Waals surface area contributed by atoms with Crippen molar-refractivity contribution in [3.63, 3.8) is 0 Å². The molecule has 4 aliphatic heterocycles. The Morgan fingerprint density at radius 3 is 1.64 bits per heavy atom. The Bertz CT molecular complexity index is 1320. The molecule has 25 heteroatoms. The fraction of sp³-hybridized carbons (Fsp3) is 0.909. The predicted molar refractivity (Wildman–Crippen MR) is 184 cm³/mol. The zero-order valence-corrected chi connectivity index (χ0v) is 32.0. The van der Waals surface area contributed by atoms with Crippen LogP contribution in [0.15, 0.2) is 0 Å². The molecule has 4 heterocycles. The topological polar surface area (TPSA) is 384 Å². The minimum absolute atomic E-state index is 0.254. The molecule has 0 aromatic heterocycles. The van der Waals surface area contributed by atoms with Crippen LogP contribution in [-0.4, -0.2) is 236 Å². The normalized spacial score (nSPS) is 44.5. The van der Waals surface area contributed by atoms with Crippen molar-refractivity contribution < 1.29 is 108 Å². The number of amides is 3. The summed E-state index contributed by atoms with van der Waals surface area (Å²) in [6.45, 7) is 1.37. The minimum atomic E-state index is -2.02. The summed E-state index contributed by atoms with van der Waals surface area (Å²) in [5.74, 6) is -1.43. The molecule has 0 spiro atoms. The quantitative estimate of drug-likeness (QED) is 0.0604. The molecule has 336 valence electrons. The lowest BCUT2D eigenvalue weighted by Crippen LogP contribution is -2.71. The van der Waals surface area contributed by atoms with Crippen molar-refractivity contribution in [1.29, 1.82) is 0 Å². The lowest BCUT2D eigenvalue weighted by Gasteiger charge is -2.51. The third kappa shape index (κ3) is 10.9. The number of ether oxygens (including phenoxy) is 8. The van der Waals surface area contributed by atoms with Gasteiger partial charge in [-0.3, -0.25) is 14.4 Å². The van der Waals surface area contributed by atoms with Crippen LogP contribution in [0, 0.1) is 0 Å². The van der Waals surface area contributed by atoms with E-state index in [4.69, 9.17) is 37.9 Å². The molecule has 0 radical (unpaired) electrons. The Kier molecular flexibility index (Phi) is 17.9. The summed E-state index contributed by atoms with van der Waals surface area (Å²) >= 11 is 0. The lowest BCUT2D eigenvalue weighted by atomic mass is 9.93. The van der Waals surface area contributed by atoms with E-state index in [1.54, 1.807) is 0 Å². The molecule has 14 N–H and O–H groups in total. The zero-order valence-electron chi connectivity index (χ0n) is 32.0. The van der Waals surface area contributed by atoms with Crippen LogP contribution in [0.4, 0.5) is 0 Å². The molecule has 58 heavy (non-hydrogen) atoms. The highest BCUT2D eigenvalue weighted by Crippen LogP contribution is 2.36. The molecular formula is C33H57N3O22. The molecule has 25 nitrogen and oxygen atoms in total. The third-order valence-electron chi connectivity index (χ3n) is 10.3. The van der Waals surface area contributed by atoms with Gasteiger partial charge in [-0.1, -0.05) is 0 Å². The van der Waals surface area contributed by atoms with E-state index in [1.807, 2.05) is 0 Å². The standard InChI is InChI=1S/C33H57N3O22/c1-10(42)14(5-37)52-32-26(50)27(23(47)16(7-39)54-32)56-33-29(58-31-20(36-13(4)44)25(49)22(46)15(6-38)53-31)28(24(48)17(8-40)55-33)57-30-19(35-12(3)43)18(34-9-41)21(45)11(2)51-30/h9-11,14-33,37-40,42,45-50H,5-8H2,1-4H3,(H,34,41)(H,35,43)(H,36,44)/t10-,11-,14+,15+,16+,17+,18-,19+,20+,21-,22+,23-,24+,25+,26+,27-,28-,29-,30+,31+,32-,33-/m0/s1. The molecule has 0 aliphatic carbocycles. The fourth-order valence-electron chi connectivity index (χ4n) is 7.15. The maximum Gasteiger partial charge on any atom is 0.217 e. The summed E-state index contributed by atoms with van der Waals surface area (Å²) in [4.78, 5) is 36.2. The van der Waals surface area contributed by atoms with E-state index in [-0.39, 0.29) is 6.41 Å². The van der Waals surface area contributed by atoms with E-state index in [2.05, 4.69) is 16.0 Å². The molecule has 4 fully saturated rings. The number of hydrogen-bond donors (Lipinski definition) is 14. The van der Waals surface area contributed by atoms with Gasteiger partial charge in [0.15, 0.2) is 25.2 Å². The monoisotopic (exact) mass is 847 g/mol. The molecule has 0 aromatic rings. The van der Waals surface area contributed by atoms with Crippen LogP contribution in [0.25, 0.3) is 0 Å². The number of aliphatic hydroxyl groups is 11. The van der Waals surface area contributed by atoms with Gasteiger partial charge in [-0.15, -0.1) is 0 Å². The molecule has 4 aliphatic rings. The fourth-order valence-corrected chi connectivity index (χ4v) is 7.15. The van der Waals surface area contributed by atoms with Gasteiger partial charge < -0.3 is 110 Å². The van der Waals surface area contributed by atoms with E-state index < -0.39 is 173 Å². The second kappa shape index (κ2) is 21.4. The number of rotatable bonds is 17. The predicted octanol–water partition coefficient (Wildman–Crippen LogP) is -8.91. The molecule has 0 aromatic carbocycles. The third-order valence-corrected chi connectivity index (χ3v) is 10.3. The average Bonchev–Trinajstić information content (AvgIpc) is 3.17. The SMILES string of the molecule is CC(=O)N[C@H]1[C@@H](O[C@@H]2[C@H](O[C@H]3[C@@H](O)[C@@H](CO)O[C@H](O[C@H](CO)[C@H](C)O)[C@@H]3O)O[C@H](CO)[C@@H](O)[C@@H]2O[C@H]2O[C@@H](C)[C@H](O)[C@@H](NC=O)[C@H]2NC(C)=O)O[C@H](CO)[C@@H](O)[C@@H]1O. The lowest BCUT2D eigenvalue weighted by molar-refractivity contribution is -0.397. The highest BCUT2D eigenvalue weighted by Gasteiger charge is 2.57. The number of nitrogens with one attached hydrogen (secondary N) is 3. The van der Waals surface area contributed by atoms with Gasteiger partial charge in [-0.25, -0.2) is 0 Å². The van der Waals surface area contributed by atoms with Gasteiger partial charge >= 0.3 is 0 Å². The first-order chi connectivity index (χ1) is 27.4. The summed E-state index contributed by atoms with van der Waals surface area (Å²) in [6.07, 6.45) is -32.2. The van der Waals surface area contributed by atoms with E-state index in [0.29, 0.717) is 0 Å². The van der Waals surface area contributed by atoms with Crippen molar-refractivity contribution in [2.24, 2.45) is 0 Å². The van der Waals surface area contributed by atoms with Crippen molar-refractivity contribution in [2.45, 2.75) is 163 Å². The molecule has 22 atom stereocenters. The summed E-state index contributed by atoms with van der Waals surface area (Å²) in [5.41, 5.74) is 0. The number of carbonyl (C=O) groups excluding carboxylic acids is 3. The minimum Gasteiger partial charge on any atom is -0.394 e. The smallest absolute Gasteiger partial charge is 0.217 e. The summed E-state index contributed by atoms with van der Waals surface area (Å²) in [5, 5.41) is 124. The molecule has 3 amide bonds. The largest absolute Gasteiger partial charge is 0.394 e. The van der Waals surface area contributed by atoms with E-state index in [0.717, 1.165) is 13.8 Å². The van der Waals surface area contributed by atoms with Gasteiger partial charge in [0.05, 0.1) is 44.7 Å². The number of carbonyl (C=O) groups is 3. The molecule has 0 saturated carbocycles. The molecule has 4 rings (SSSR count). The van der Waals surface area contributed by atoms with E-state index >= 15 is 0 Å². The molecule has 0 unspecified atom stereocenters. The van der Waals surface area contributed by atoms with E-state index in [1.165, 1.54) is 13.8 Å². The molecular weight excluding hydrogens is 790 g/mol. The van der Waals surface area contributed by atoms with Crippen LogP contribution in [0.1, 0.15) is 27.7 Å². The van der Waals surface area contributed by atoms with Crippen LogP contribution in [0.5, 0.6) is 0 Å². The second-order valence-electron chi connectivity index (χ2n) is 14.5. The summed E-state index contributed by atoms with van der Waals surface area (Å²) in [7, 11) is 0. The maximum atomic E-state index is 12.4. The van der Waals surface area contributed by atoms with Crippen molar-refractivity contribution in [3.8, 4) is 0 Å². The van der Waals surface area contributed by atoms with Crippen LogP contribution < -0.4 is 16.0 Å². The number of hydrogen-bond acceptors (Lipinski definition) is 22. The van der Waals surface area contributed by atoms with Crippen molar-refractivity contribution >= 4 is 18.2 Å². The highest BCUT2D eigenvalue weighted by atomic mass is 16.8. The van der Waals surface area contributed by atoms with Crippen molar-refractivity contribution in [3.05, 3.63) is 0 Å². The first kappa shape index (κ1) is 48.3. The first-order valence-corrected chi connectivity index (χ1v) is 18.6. The average molecular weight is 848 g/mol. The summed E-state index contributed by atoms with van der Waals surface area (Å²) < 4.78 is 47.1. The Morgan fingerprint density at radius 1 is 0.621 bits per heavy atom. The van der Waals surface area contributed by atoms with Crippen LogP contribution >= 0.6 is 0 Å². The summed E-state index contributed by atoms with van der Waals surface area (Å²) in [6, 6.07) is -4.27. The van der Waals surface area contributed by atoms with Crippen LogP contribution in [0.3, 0.4) is 0 Å². The van der Waals surface area contributed by atoms with Gasteiger partial charge in [0.25, 0.3) is 0 Å². The number of aliphatic hydroxyl groups excluding tert-OH is 11. The van der Waals surface area contributed by atoms with Crippen molar-refractivity contribution in [1.82, 2.24) is 16.0 Å². The first-order valence-electron chi connectivity index (χ1n) is 18.6. The molecule has 4 saturated heterocycles. The van der Waals surface area contributed by atoms with Crippen LogP contribution in [0.2, 0.25) is 0 Å². The Labute approximate surface area is 331 Å². The Hall–Kier alpha value is -2.35. The Morgan fingerprint density at radius 2 is 1.10 bits per heavy atom. The van der Waals surface area contributed by atoms with Gasteiger partial charge in [-0.05, 0) is 13.8 Å². The van der Waals surface area contributed by atoms with Gasteiger partial charge in [0.1, 0.15) is 91.4 Å². The molecule has 0 bridgehead atoms. The highest BCUT2D eigenvalue weighted by molar-refractivity contribution is 5.73. The van der Waals surface area contributed by atoms with Gasteiger partial charge in [0, 0.05) is 13.8 Å². The van der Waals surface area contributed by atoms with Crippen LogP contribution in [-0.2, 0) is 52.3 Å². The second-order valence-corrected chi connectivity index (χ2v) is 14.5. The van der Waals surface area contributed by atoms with Gasteiger partial charge in [-0.2, -0.15) is 0 Å². The Balaban J connectivity index is 1.82. The van der Waals surface area contributed by atoms with E-state index in [9.17, 15) is 70.6 Å².